The monoisotopic (exact) mass is 180 g/mol. The third-order valence-electron chi connectivity index (χ3n) is 1.80. The summed E-state index contributed by atoms with van der Waals surface area (Å²) in [6, 6.07) is 1.77. The summed E-state index contributed by atoms with van der Waals surface area (Å²) in [5.41, 5.74) is 0. The van der Waals surface area contributed by atoms with Crippen molar-refractivity contribution in [1.29, 1.82) is 0 Å². The van der Waals surface area contributed by atoms with Gasteiger partial charge in [-0.2, -0.15) is 0 Å². The summed E-state index contributed by atoms with van der Waals surface area (Å²) >= 11 is 1.47. The van der Waals surface area contributed by atoms with E-state index in [0.717, 1.165) is 12.8 Å². The molecule has 0 bridgehead atoms. The van der Waals surface area contributed by atoms with Crippen LogP contribution in [0.25, 0.3) is 0 Å². The van der Waals surface area contributed by atoms with Crippen LogP contribution in [-0.4, -0.2) is 21.0 Å². The van der Waals surface area contributed by atoms with Gasteiger partial charge < -0.3 is 0 Å². The van der Waals surface area contributed by atoms with E-state index in [2.05, 4.69) is 9.97 Å². The maximum Gasteiger partial charge on any atom is 0.188 e. The SMILES string of the molecule is O=C1CCC1Sc1ncccn1. The fraction of sp³-hybridized carbons (Fsp3) is 0.375. The summed E-state index contributed by atoms with van der Waals surface area (Å²) in [6.07, 6.45) is 5.09. The Labute approximate surface area is 74.6 Å². The van der Waals surface area contributed by atoms with Gasteiger partial charge in [0, 0.05) is 18.8 Å². The van der Waals surface area contributed by atoms with Crippen molar-refractivity contribution >= 4 is 17.5 Å². The van der Waals surface area contributed by atoms with Crippen LogP contribution in [0.2, 0.25) is 0 Å². The molecule has 1 fully saturated rings. The average Bonchev–Trinajstić information content (AvgIpc) is 2.14. The first-order valence-corrected chi connectivity index (χ1v) is 4.70. The van der Waals surface area contributed by atoms with Gasteiger partial charge in [0.2, 0.25) is 0 Å². The van der Waals surface area contributed by atoms with Crippen LogP contribution in [0.1, 0.15) is 12.8 Å². The second-order valence-corrected chi connectivity index (χ2v) is 3.81. The first-order chi connectivity index (χ1) is 5.86. The van der Waals surface area contributed by atoms with Gasteiger partial charge in [-0.3, -0.25) is 4.79 Å². The minimum Gasteiger partial charge on any atom is -0.298 e. The van der Waals surface area contributed by atoms with Crippen molar-refractivity contribution < 1.29 is 4.79 Å². The Morgan fingerprint density at radius 1 is 1.42 bits per heavy atom. The van der Waals surface area contributed by atoms with Gasteiger partial charge in [0.1, 0.15) is 5.78 Å². The minimum atomic E-state index is 0.118. The van der Waals surface area contributed by atoms with E-state index in [9.17, 15) is 4.79 Å². The number of ketones is 1. The zero-order valence-corrected chi connectivity index (χ0v) is 7.25. The topological polar surface area (TPSA) is 42.9 Å². The van der Waals surface area contributed by atoms with E-state index in [-0.39, 0.29) is 5.25 Å². The molecule has 1 unspecified atom stereocenters. The van der Waals surface area contributed by atoms with Crippen molar-refractivity contribution in [2.75, 3.05) is 0 Å². The smallest absolute Gasteiger partial charge is 0.188 e. The molecular weight excluding hydrogens is 172 g/mol. The molecule has 0 radical (unpaired) electrons. The van der Waals surface area contributed by atoms with E-state index in [1.165, 1.54) is 11.8 Å². The van der Waals surface area contributed by atoms with Crippen LogP contribution in [0.4, 0.5) is 0 Å². The molecule has 0 aromatic carbocycles. The molecule has 62 valence electrons. The fourth-order valence-corrected chi connectivity index (χ4v) is 1.96. The number of carbonyl (C=O) groups excluding carboxylic acids is 1. The average molecular weight is 180 g/mol. The number of thioether (sulfide) groups is 1. The third kappa shape index (κ3) is 1.48. The van der Waals surface area contributed by atoms with E-state index >= 15 is 0 Å². The van der Waals surface area contributed by atoms with Crippen molar-refractivity contribution in [3.05, 3.63) is 18.5 Å². The van der Waals surface area contributed by atoms with Crippen molar-refractivity contribution in [3.63, 3.8) is 0 Å². The Hall–Kier alpha value is -0.900. The number of aromatic nitrogens is 2. The van der Waals surface area contributed by atoms with Crippen molar-refractivity contribution in [2.24, 2.45) is 0 Å². The van der Waals surface area contributed by atoms with Gasteiger partial charge in [0.05, 0.1) is 5.25 Å². The lowest BCUT2D eigenvalue weighted by atomic mass is 9.98. The van der Waals surface area contributed by atoms with Crippen LogP contribution in [0.15, 0.2) is 23.6 Å². The van der Waals surface area contributed by atoms with Gasteiger partial charge in [0.15, 0.2) is 5.16 Å². The lowest BCUT2D eigenvalue weighted by molar-refractivity contribution is -0.122. The largest absolute Gasteiger partial charge is 0.298 e. The maximum absolute atomic E-state index is 11.0. The number of hydrogen-bond acceptors (Lipinski definition) is 4. The first-order valence-electron chi connectivity index (χ1n) is 3.82. The molecule has 0 N–H and O–H groups in total. The van der Waals surface area contributed by atoms with Crippen molar-refractivity contribution in [2.45, 2.75) is 23.2 Å². The normalized spacial score (nSPS) is 22.0. The summed E-state index contributed by atoms with van der Waals surface area (Å²) in [5, 5.41) is 0.822. The molecule has 1 atom stereocenters. The lowest BCUT2D eigenvalue weighted by Gasteiger charge is -2.21. The predicted octanol–water partition coefficient (Wildman–Crippen LogP) is 1.30. The molecule has 1 aliphatic carbocycles. The standard InChI is InChI=1S/C8H8N2OS/c11-6-2-3-7(6)12-8-9-4-1-5-10-8/h1,4-5,7H,2-3H2. The second-order valence-electron chi connectivity index (χ2n) is 2.64. The molecule has 1 heterocycles. The van der Waals surface area contributed by atoms with E-state index < -0.39 is 0 Å². The van der Waals surface area contributed by atoms with E-state index in [1.54, 1.807) is 18.5 Å². The molecule has 3 nitrogen and oxygen atoms in total. The Bertz CT molecular complexity index is 288. The van der Waals surface area contributed by atoms with E-state index in [1.807, 2.05) is 0 Å². The molecular formula is C8H8N2OS. The number of rotatable bonds is 2. The molecule has 1 saturated carbocycles. The lowest BCUT2D eigenvalue weighted by Crippen LogP contribution is -2.28. The second kappa shape index (κ2) is 3.23. The van der Waals surface area contributed by atoms with Crippen LogP contribution in [0, 0.1) is 0 Å². The summed E-state index contributed by atoms with van der Waals surface area (Å²) in [5.74, 6) is 0.326. The zero-order valence-electron chi connectivity index (χ0n) is 6.43. The van der Waals surface area contributed by atoms with Crippen molar-refractivity contribution in [3.8, 4) is 0 Å². The van der Waals surface area contributed by atoms with Crippen LogP contribution in [-0.2, 0) is 4.79 Å². The number of Topliss-reactive ketones (excluding diaryl/α,β-unsaturated/α-hetero) is 1. The summed E-state index contributed by atoms with van der Waals surface area (Å²) in [6.45, 7) is 0. The first kappa shape index (κ1) is 7.73. The van der Waals surface area contributed by atoms with Gasteiger partial charge >= 0.3 is 0 Å². The zero-order chi connectivity index (χ0) is 8.39. The molecule has 12 heavy (non-hydrogen) atoms. The Balaban J connectivity index is 2.00. The third-order valence-corrected chi connectivity index (χ3v) is 3.01. The van der Waals surface area contributed by atoms with Gasteiger partial charge in [-0.25, -0.2) is 9.97 Å². The summed E-state index contributed by atoms with van der Waals surface area (Å²) < 4.78 is 0. The molecule has 2 rings (SSSR count). The van der Waals surface area contributed by atoms with Crippen LogP contribution >= 0.6 is 11.8 Å². The summed E-state index contributed by atoms with van der Waals surface area (Å²) in [4.78, 5) is 19.0. The molecule has 0 aliphatic heterocycles. The Morgan fingerprint density at radius 2 is 2.17 bits per heavy atom. The molecule has 1 aromatic rings. The molecule has 4 heteroatoms. The Morgan fingerprint density at radius 3 is 2.67 bits per heavy atom. The van der Waals surface area contributed by atoms with Crippen LogP contribution in [0.3, 0.4) is 0 Å². The quantitative estimate of drug-likeness (QED) is 0.643. The van der Waals surface area contributed by atoms with Crippen LogP contribution < -0.4 is 0 Å². The molecule has 1 aromatic heterocycles. The van der Waals surface area contributed by atoms with Gasteiger partial charge in [-0.1, -0.05) is 11.8 Å². The maximum atomic E-state index is 11.0. The van der Waals surface area contributed by atoms with E-state index in [0.29, 0.717) is 10.9 Å². The number of hydrogen-bond donors (Lipinski definition) is 0. The highest BCUT2D eigenvalue weighted by atomic mass is 32.2. The molecule has 0 spiro atoms. The van der Waals surface area contributed by atoms with Crippen LogP contribution in [0.5, 0.6) is 0 Å². The predicted molar refractivity (Wildman–Crippen MR) is 45.9 cm³/mol. The molecule has 0 saturated heterocycles. The highest BCUT2D eigenvalue weighted by Crippen LogP contribution is 2.31. The summed E-state index contributed by atoms with van der Waals surface area (Å²) in [7, 11) is 0. The fourth-order valence-electron chi connectivity index (χ4n) is 0.978. The minimum absolute atomic E-state index is 0.118. The molecule has 1 aliphatic rings. The van der Waals surface area contributed by atoms with E-state index in [4.69, 9.17) is 0 Å². The van der Waals surface area contributed by atoms with Gasteiger partial charge in [-0.05, 0) is 12.5 Å². The molecule has 0 amide bonds. The number of nitrogens with zero attached hydrogens (tertiary/aromatic N) is 2. The van der Waals surface area contributed by atoms with Crippen molar-refractivity contribution in [1.82, 2.24) is 9.97 Å². The van der Waals surface area contributed by atoms with Gasteiger partial charge in [0.25, 0.3) is 0 Å². The number of carbonyl (C=O) groups is 1. The Kier molecular flexibility index (Phi) is 2.08. The van der Waals surface area contributed by atoms with Gasteiger partial charge in [-0.15, -0.1) is 0 Å². The highest BCUT2D eigenvalue weighted by Gasteiger charge is 2.29. The highest BCUT2D eigenvalue weighted by molar-refractivity contribution is 8.00.